The topological polar surface area (TPSA) is 62.5 Å². The van der Waals surface area contributed by atoms with Gasteiger partial charge in [-0.15, -0.1) is 0 Å². The lowest BCUT2D eigenvalue weighted by molar-refractivity contribution is 0.465. The van der Waals surface area contributed by atoms with Gasteiger partial charge < -0.3 is 10.4 Å². The molecule has 2 heterocycles. The molecule has 0 saturated carbocycles. The summed E-state index contributed by atoms with van der Waals surface area (Å²) in [5, 5.41) is 17.7. The first-order chi connectivity index (χ1) is 10.2. The third-order valence-electron chi connectivity index (χ3n) is 3.54. The number of anilines is 1. The Labute approximate surface area is 123 Å². The molecule has 3 rings (SSSR count). The number of aryl methyl sites for hydroxylation is 1. The van der Waals surface area contributed by atoms with E-state index in [0.717, 1.165) is 29.1 Å². The molecule has 5 nitrogen and oxygen atoms in total. The normalized spacial score (nSPS) is 12.5. The number of aromatic hydroxyl groups is 1. The lowest BCUT2D eigenvalue weighted by atomic mass is 10.1. The Morgan fingerprint density at radius 3 is 2.86 bits per heavy atom. The Kier molecular flexibility index (Phi) is 3.48. The molecule has 21 heavy (non-hydrogen) atoms. The number of nitrogens with one attached hydrogen (secondary N) is 1. The predicted octanol–water partition coefficient (Wildman–Crippen LogP) is 3.17. The minimum atomic E-state index is -0.0364. The number of nitrogens with zero attached hydrogens (tertiary/aromatic N) is 3. The Morgan fingerprint density at radius 2 is 2.10 bits per heavy atom. The number of phenols is 1. The number of aromatic nitrogens is 3. The molecule has 0 aliphatic carbocycles. The lowest BCUT2D eigenvalue weighted by Crippen LogP contribution is -2.11. The fourth-order valence-electron chi connectivity index (χ4n) is 2.40. The van der Waals surface area contributed by atoms with E-state index < -0.39 is 0 Å². The molecule has 2 aromatic heterocycles. The second-order valence-corrected chi connectivity index (χ2v) is 5.01. The van der Waals surface area contributed by atoms with Crippen LogP contribution >= 0.6 is 0 Å². The smallest absolute Gasteiger partial charge is 0.157 e. The van der Waals surface area contributed by atoms with Crippen molar-refractivity contribution in [3.8, 4) is 5.75 Å². The second kappa shape index (κ2) is 5.44. The number of benzene rings is 1. The van der Waals surface area contributed by atoms with Gasteiger partial charge in [0.2, 0.25) is 0 Å². The highest BCUT2D eigenvalue weighted by Gasteiger charge is 2.12. The molecule has 0 unspecified atom stereocenters. The molecule has 1 atom stereocenters. The quantitative estimate of drug-likeness (QED) is 0.771. The third-order valence-corrected chi connectivity index (χ3v) is 3.54. The van der Waals surface area contributed by atoms with Crippen LogP contribution in [0.2, 0.25) is 0 Å². The van der Waals surface area contributed by atoms with Crippen LogP contribution in [-0.4, -0.2) is 19.7 Å². The SMILES string of the molecule is CCc1cc(N[C@@H](C)c2ccccc2O)n2nccc2n1. The maximum Gasteiger partial charge on any atom is 0.157 e. The van der Waals surface area contributed by atoms with Crippen LogP contribution in [-0.2, 0) is 6.42 Å². The monoisotopic (exact) mass is 282 g/mol. The van der Waals surface area contributed by atoms with Crippen molar-refractivity contribution in [2.24, 2.45) is 0 Å². The van der Waals surface area contributed by atoms with E-state index in [1.165, 1.54) is 0 Å². The maximum atomic E-state index is 9.96. The Bertz CT molecular complexity index is 766. The standard InChI is InChI=1S/C16H18N4O/c1-3-12-10-16(20-15(19-12)8-9-17-20)18-11(2)13-6-4-5-7-14(13)21/h4-11,18,21H,3H2,1-2H3/t11-/m0/s1. The summed E-state index contributed by atoms with van der Waals surface area (Å²) in [5.74, 6) is 1.16. The third kappa shape index (κ3) is 2.54. The van der Waals surface area contributed by atoms with Gasteiger partial charge in [-0.1, -0.05) is 25.1 Å². The van der Waals surface area contributed by atoms with Gasteiger partial charge in [-0.25, -0.2) is 4.98 Å². The molecule has 5 heteroatoms. The van der Waals surface area contributed by atoms with E-state index in [0.29, 0.717) is 5.75 Å². The number of hydrogen-bond donors (Lipinski definition) is 2. The van der Waals surface area contributed by atoms with Gasteiger partial charge in [-0.2, -0.15) is 9.61 Å². The summed E-state index contributed by atoms with van der Waals surface area (Å²) in [6.45, 7) is 4.09. The van der Waals surface area contributed by atoms with E-state index in [1.54, 1.807) is 16.8 Å². The van der Waals surface area contributed by atoms with Crippen molar-refractivity contribution in [2.45, 2.75) is 26.3 Å². The Hall–Kier alpha value is -2.56. The van der Waals surface area contributed by atoms with Crippen LogP contribution in [0, 0.1) is 0 Å². The van der Waals surface area contributed by atoms with Gasteiger partial charge >= 0.3 is 0 Å². The molecule has 2 N–H and O–H groups in total. The molecule has 0 spiro atoms. The van der Waals surface area contributed by atoms with Crippen molar-refractivity contribution in [3.05, 3.63) is 53.9 Å². The maximum absolute atomic E-state index is 9.96. The molecule has 1 aromatic carbocycles. The van der Waals surface area contributed by atoms with Crippen molar-refractivity contribution in [3.63, 3.8) is 0 Å². The summed E-state index contributed by atoms with van der Waals surface area (Å²) in [5.41, 5.74) is 2.68. The minimum absolute atomic E-state index is 0.0364. The van der Waals surface area contributed by atoms with Gasteiger partial charge in [0.1, 0.15) is 11.6 Å². The van der Waals surface area contributed by atoms with Crippen molar-refractivity contribution < 1.29 is 5.11 Å². The van der Waals surface area contributed by atoms with Gasteiger partial charge in [0, 0.05) is 23.4 Å². The Morgan fingerprint density at radius 1 is 1.29 bits per heavy atom. The van der Waals surface area contributed by atoms with Crippen LogP contribution in [0.4, 0.5) is 5.82 Å². The lowest BCUT2D eigenvalue weighted by Gasteiger charge is -2.18. The van der Waals surface area contributed by atoms with Gasteiger partial charge in [0.15, 0.2) is 5.65 Å². The highest BCUT2D eigenvalue weighted by atomic mass is 16.3. The molecule has 3 aromatic rings. The fraction of sp³-hybridized carbons (Fsp3) is 0.250. The summed E-state index contributed by atoms with van der Waals surface area (Å²) >= 11 is 0. The zero-order valence-corrected chi connectivity index (χ0v) is 12.1. The van der Waals surface area contributed by atoms with Crippen LogP contribution in [0.1, 0.15) is 31.1 Å². The van der Waals surface area contributed by atoms with Crippen LogP contribution < -0.4 is 5.32 Å². The Balaban J connectivity index is 1.97. The van der Waals surface area contributed by atoms with Crippen LogP contribution in [0.25, 0.3) is 5.65 Å². The van der Waals surface area contributed by atoms with Crippen LogP contribution in [0.15, 0.2) is 42.6 Å². The van der Waals surface area contributed by atoms with E-state index in [1.807, 2.05) is 37.3 Å². The summed E-state index contributed by atoms with van der Waals surface area (Å²) in [7, 11) is 0. The molecule has 0 fully saturated rings. The largest absolute Gasteiger partial charge is 0.508 e. The van der Waals surface area contributed by atoms with Gasteiger partial charge in [0.05, 0.1) is 12.2 Å². The van der Waals surface area contributed by atoms with Crippen molar-refractivity contribution in [2.75, 3.05) is 5.32 Å². The fourth-order valence-corrected chi connectivity index (χ4v) is 2.40. The molecule has 108 valence electrons. The molecular weight excluding hydrogens is 264 g/mol. The molecule has 0 aliphatic heterocycles. The molecule has 0 saturated heterocycles. The van der Waals surface area contributed by atoms with Gasteiger partial charge in [0.25, 0.3) is 0 Å². The first-order valence-electron chi connectivity index (χ1n) is 7.07. The number of phenolic OH excluding ortho intramolecular Hbond substituents is 1. The first kappa shape index (κ1) is 13.4. The predicted molar refractivity (Wildman–Crippen MR) is 82.5 cm³/mol. The van der Waals surface area contributed by atoms with Crippen LogP contribution in [0.3, 0.4) is 0 Å². The summed E-state index contributed by atoms with van der Waals surface area (Å²) < 4.78 is 1.77. The number of para-hydroxylation sites is 1. The summed E-state index contributed by atoms with van der Waals surface area (Å²) in [4.78, 5) is 4.52. The van der Waals surface area contributed by atoms with Crippen molar-refractivity contribution in [1.82, 2.24) is 14.6 Å². The van der Waals surface area contributed by atoms with Crippen molar-refractivity contribution >= 4 is 11.5 Å². The number of rotatable bonds is 4. The average Bonchev–Trinajstić information content (AvgIpc) is 2.96. The van der Waals surface area contributed by atoms with Gasteiger partial charge in [-0.3, -0.25) is 0 Å². The molecular formula is C16H18N4O. The average molecular weight is 282 g/mol. The van der Waals surface area contributed by atoms with Crippen molar-refractivity contribution in [1.29, 1.82) is 0 Å². The zero-order valence-electron chi connectivity index (χ0n) is 12.1. The number of hydrogen-bond acceptors (Lipinski definition) is 4. The van der Waals surface area contributed by atoms with E-state index in [9.17, 15) is 5.11 Å². The second-order valence-electron chi connectivity index (χ2n) is 5.01. The van der Waals surface area contributed by atoms with E-state index in [-0.39, 0.29) is 6.04 Å². The summed E-state index contributed by atoms with van der Waals surface area (Å²) in [6.07, 6.45) is 2.60. The summed E-state index contributed by atoms with van der Waals surface area (Å²) in [6, 6.07) is 11.2. The van der Waals surface area contributed by atoms with Crippen LogP contribution in [0.5, 0.6) is 5.75 Å². The molecule has 0 radical (unpaired) electrons. The van der Waals surface area contributed by atoms with E-state index in [2.05, 4.69) is 22.3 Å². The first-order valence-corrected chi connectivity index (χ1v) is 7.07. The molecule has 0 bridgehead atoms. The molecule has 0 amide bonds. The van der Waals surface area contributed by atoms with Gasteiger partial charge in [-0.05, 0) is 19.4 Å². The highest BCUT2D eigenvalue weighted by Crippen LogP contribution is 2.26. The van der Waals surface area contributed by atoms with E-state index in [4.69, 9.17) is 0 Å². The highest BCUT2D eigenvalue weighted by molar-refractivity contribution is 5.51. The zero-order chi connectivity index (χ0) is 14.8. The minimum Gasteiger partial charge on any atom is -0.508 e. The van der Waals surface area contributed by atoms with E-state index >= 15 is 0 Å². The number of fused-ring (bicyclic) bond motifs is 1. The molecule has 0 aliphatic rings.